The van der Waals surface area contributed by atoms with Crippen LogP contribution in [0, 0.1) is 0 Å². The van der Waals surface area contributed by atoms with Gasteiger partial charge in [0, 0.05) is 19.1 Å². The summed E-state index contributed by atoms with van der Waals surface area (Å²) in [5, 5.41) is 0. The highest BCUT2D eigenvalue weighted by atomic mass is 19.4. The first-order valence-corrected chi connectivity index (χ1v) is 6.75. The first-order valence-electron chi connectivity index (χ1n) is 6.75. The fourth-order valence-electron chi connectivity index (χ4n) is 2.35. The van der Waals surface area contributed by atoms with Gasteiger partial charge in [-0.2, -0.15) is 13.2 Å². The highest BCUT2D eigenvalue weighted by molar-refractivity contribution is 5.58. The molecule has 0 saturated carbocycles. The van der Waals surface area contributed by atoms with Gasteiger partial charge < -0.3 is 15.4 Å². The van der Waals surface area contributed by atoms with Crippen molar-refractivity contribution in [3.05, 3.63) is 24.3 Å². The number of alkyl halides is 3. The van der Waals surface area contributed by atoms with Crippen LogP contribution in [0.3, 0.4) is 0 Å². The number of hydrogen-bond donors (Lipinski definition) is 1. The molecule has 0 aliphatic carbocycles. The van der Waals surface area contributed by atoms with E-state index in [2.05, 4.69) is 4.90 Å². The van der Waals surface area contributed by atoms with Crippen LogP contribution in [0.5, 0.6) is 5.75 Å². The van der Waals surface area contributed by atoms with Gasteiger partial charge in [-0.15, -0.1) is 0 Å². The number of hydrogen-bond acceptors (Lipinski definition) is 3. The van der Waals surface area contributed by atoms with E-state index < -0.39 is 12.6 Å². The molecule has 6 heteroatoms. The molecular formula is C14H19F3N2O. The Morgan fingerprint density at radius 1 is 1.30 bits per heavy atom. The first kappa shape index (κ1) is 15.0. The predicted octanol–water partition coefficient (Wildman–Crippen LogP) is 2.95. The van der Waals surface area contributed by atoms with Gasteiger partial charge in [-0.3, -0.25) is 0 Å². The predicted molar refractivity (Wildman–Crippen MR) is 72.0 cm³/mol. The van der Waals surface area contributed by atoms with Gasteiger partial charge in [-0.1, -0.05) is 12.1 Å². The van der Waals surface area contributed by atoms with E-state index in [4.69, 9.17) is 10.5 Å². The molecule has 1 unspecified atom stereocenters. The number of para-hydroxylation sites is 2. The van der Waals surface area contributed by atoms with Crippen LogP contribution < -0.4 is 15.4 Å². The first-order chi connectivity index (χ1) is 9.46. The molecule has 1 fully saturated rings. The quantitative estimate of drug-likeness (QED) is 0.925. The third-order valence-electron chi connectivity index (χ3n) is 3.31. The molecule has 2 rings (SSSR count). The van der Waals surface area contributed by atoms with Crippen molar-refractivity contribution in [1.82, 2.24) is 0 Å². The molecule has 1 aliphatic heterocycles. The Kier molecular flexibility index (Phi) is 4.75. The summed E-state index contributed by atoms with van der Waals surface area (Å²) in [6.45, 7) is 1.20. The van der Waals surface area contributed by atoms with Gasteiger partial charge in [0.2, 0.25) is 0 Å². The molecule has 2 N–H and O–H groups in total. The second-order valence-corrected chi connectivity index (χ2v) is 5.03. The zero-order valence-corrected chi connectivity index (χ0v) is 11.2. The smallest absolute Gasteiger partial charge is 0.392 e. The van der Waals surface area contributed by atoms with E-state index in [9.17, 15) is 13.2 Å². The minimum atomic E-state index is -4.19. The summed E-state index contributed by atoms with van der Waals surface area (Å²) in [6.07, 6.45) is -3.17. The average molecular weight is 288 g/mol. The van der Waals surface area contributed by atoms with Crippen molar-refractivity contribution in [3.8, 4) is 5.75 Å². The molecule has 1 saturated heterocycles. The number of piperidine rings is 1. The maximum atomic E-state index is 12.2. The van der Waals surface area contributed by atoms with Crippen LogP contribution >= 0.6 is 0 Å². The third kappa shape index (κ3) is 4.30. The monoisotopic (exact) mass is 288 g/mol. The number of nitrogens with two attached hydrogens (primary N) is 1. The Morgan fingerprint density at radius 3 is 2.75 bits per heavy atom. The molecule has 1 heterocycles. The Morgan fingerprint density at radius 2 is 2.05 bits per heavy atom. The van der Waals surface area contributed by atoms with Gasteiger partial charge in [0.15, 0.2) is 0 Å². The molecule has 0 bridgehead atoms. The van der Waals surface area contributed by atoms with E-state index in [1.807, 2.05) is 12.1 Å². The Labute approximate surface area is 116 Å². The van der Waals surface area contributed by atoms with Crippen LogP contribution in [-0.2, 0) is 0 Å². The van der Waals surface area contributed by atoms with Crippen molar-refractivity contribution in [2.75, 3.05) is 24.6 Å². The van der Waals surface area contributed by atoms with Gasteiger partial charge in [-0.25, -0.2) is 0 Å². The van der Waals surface area contributed by atoms with Crippen LogP contribution in [0.15, 0.2) is 24.3 Å². The molecule has 0 amide bonds. The lowest BCUT2D eigenvalue weighted by Crippen LogP contribution is -2.43. The molecular weight excluding hydrogens is 269 g/mol. The van der Waals surface area contributed by atoms with Gasteiger partial charge >= 0.3 is 6.18 Å². The Balaban J connectivity index is 2.02. The average Bonchev–Trinajstić information content (AvgIpc) is 2.38. The van der Waals surface area contributed by atoms with Crippen molar-refractivity contribution in [2.45, 2.75) is 31.5 Å². The molecule has 0 aromatic heterocycles. The van der Waals surface area contributed by atoms with Crippen LogP contribution in [-0.4, -0.2) is 31.9 Å². The molecule has 1 aliphatic rings. The van der Waals surface area contributed by atoms with Gasteiger partial charge in [0.25, 0.3) is 0 Å². The number of benzene rings is 1. The molecule has 1 atom stereocenters. The van der Waals surface area contributed by atoms with Crippen LogP contribution in [0.2, 0.25) is 0 Å². The Bertz CT molecular complexity index is 437. The van der Waals surface area contributed by atoms with Crippen molar-refractivity contribution >= 4 is 5.69 Å². The molecule has 0 radical (unpaired) electrons. The zero-order chi connectivity index (χ0) is 14.6. The summed E-state index contributed by atoms with van der Waals surface area (Å²) >= 11 is 0. The number of nitrogens with zero attached hydrogens (tertiary/aromatic N) is 1. The van der Waals surface area contributed by atoms with Crippen LogP contribution in [0.4, 0.5) is 18.9 Å². The second-order valence-electron chi connectivity index (χ2n) is 5.03. The number of ether oxygens (including phenoxy) is 1. The van der Waals surface area contributed by atoms with Crippen LogP contribution in [0.1, 0.15) is 19.3 Å². The summed E-state index contributed by atoms with van der Waals surface area (Å²) in [5.41, 5.74) is 6.76. The number of halogens is 3. The second kappa shape index (κ2) is 6.35. The normalized spacial score (nSPS) is 20.0. The highest BCUT2D eigenvalue weighted by Crippen LogP contribution is 2.30. The molecule has 1 aromatic carbocycles. The van der Waals surface area contributed by atoms with Crippen molar-refractivity contribution in [2.24, 2.45) is 5.73 Å². The molecule has 3 nitrogen and oxygen atoms in total. The molecule has 1 aromatic rings. The van der Waals surface area contributed by atoms with Crippen LogP contribution in [0.25, 0.3) is 0 Å². The SMILES string of the molecule is NC1CCCN(c2ccccc2OCCC(F)(F)F)C1. The van der Waals surface area contributed by atoms with E-state index in [-0.39, 0.29) is 12.6 Å². The summed E-state index contributed by atoms with van der Waals surface area (Å²) < 4.78 is 41.8. The lowest BCUT2D eigenvalue weighted by molar-refractivity contribution is -0.139. The largest absolute Gasteiger partial charge is 0.491 e. The highest BCUT2D eigenvalue weighted by Gasteiger charge is 2.27. The third-order valence-corrected chi connectivity index (χ3v) is 3.31. The number of anilines is 1. The summed E-state index contributed by atoms with van der Waals surface area (Å²) in [4.78, 5) is 2.08. The van der Waals surface area contributed by atoms with Gasteiger partial charge in [0.1, 0.15) is 5.75 Å². The van der Waals surface area contributed by atoms with E-state index in [1.54, 1.807) is 12.1 Å². The fraction of sp³-hybridized carbons (Fsp3) is 0.571. The molecule has 20 heavy (non-hydrogen) atoms. The van der Waals surface area contributed by atoms with Crippen molar-refractivity contribution in [3.63, 3.8) is 0 Å². The molecule has 0 spiro atoms. The van der Waals surface area contributed by atoms with Crippen molar-refractivity contribution in [1.29, 1.82) is 0 Å². The van der Waals surface area contributed by atoms with Gasteiger partial charge in [0.05, 0.1) is 18.7 Å². The summed E-state index contributed by atoms with van der Waals surface area (Å²) in [7, 11) is 0. The Hall–Kier alpha value is -1.43. The zero-order valence-electron chi connectivity index (χ0n) is 11.2. The fourth-order valence-corrected chi connectivity index (χ4v) is 2.35. The minimum Gasteiger partial charge on any atom is -0.491 e. The van der Waals surface area contributed by atoms with E-state index in [0.717, 1.165) is 25.1 Å². The van der Waals surface area contributed by atoms with E-state index in [0.29, 0.717) is 12.3 Å². The maximum absolute atomic E-state index is 12.2. The van der Waals surface area contributed by atoms with E-state index in [1.165, 1.54) is 0 Å². The minimum absolute atomic E-state index is 0.104. The lowest BCUT2D eigenvalue weighted by Gasteiger charge is -2.33. The maximum Gasteiger partial charge on any atom is 0.392 e. The van der Waals surface area contributed by atoms with E-state index >= 15 is 0 Å². The topological polar surface area (TPSA) is 38.5 Å². The van der Waals surface area contributed by atoms with Gasteiger partial charge in [-0.05, 0) is 25.0 Å². The molecule has 112 valence electrons. The lowest BCUT2D eigenvalue weighted by atomic mass is 10.1. The standard InChI is InChI=1S/C14H19F3N2O/c15-14(16,17)7-9-20-13-6-2-1-5-12(13)19-8-3-4-11(18)10-19/h1-2,5-6,11H,3-4,7-10,18H2. The summed E-state index contributed by atoms with van der Waals surface area (Å²) in [5.74, 6) is 0.492. The number of rotatable bonds is 4. The summed E-state index contributed by atoms with van der Waals surface area (Å²) in [6, 6.07) is 7.28. The van der Waals surface area contributed by atoms with Crippen molar-refractivity contribution < 1.29 is 17.9 Å².